The zero-order valence-electron chi connectivity index (χ0n) is 12.0. The van der Waals surface area contributed by atoms with Crippen molar-refractivity contribution in [1.29, 1.82) is 0 Å². The van der Waals surface area contributed by atoms with Crippen molar-refractivity contribution in [1.82, 2.24) is 0 Å². The fourth-order valence-corrected chi connectivity index (χ4v) is 2.58. The molecule has 0 bridgehead atoms. The number of nitrogens with zero attached hydrogens (tertiary/aromatic N) is 1. The highest BCUT2D eigenvalue weighted by molar-refractivity contribution is 9.10. The van der Waals surface area contributed by atoms with E-state index in [4.69, 9.17) is 4.74 Å². The maximum Gasteiger partial charge on any atom is 0.120 e. The molecule has 0 atom stereocenters. The van der Waals surface area contributed by atoms with Crippen LogP contribution >= 0.6 is 15.9 Å². The van der Waals surface area contributed by atoms with Gasteiger partial charge in [0, 0.05) is 16.7 Å². The highest BCUT2D eigenvalue weighted by Gasteiger charge is 2.06. The van der Waals surface area contributed by atoms with E-state index in [0.717, 1.165) is 23.3 Å². The molecule has 2 rings (SSSR count). The fraction of sp³-hybridized carbons (Fsp3) is 0.294. The summed E-state index contributed by atoms with van der Waals surface area (Å²) in [5.74, 6) is 0.903. The van der Waals surface area contributed by atoms with Gasteiger partial charge in [-0.05, 0) is 43.7 Å². The quantitative estimate of drug-likeness (QED) is 0.762. The summed E-state index contributed by atoms with van der Waals surface area (Å²) in [5, 5.41) is 0. The average molecular weight is 334 g/mol. The largest absolute Gasteiger partial charge is 0.492 e. The molecule has 0 aliphatic rings. The molecule has 0 amide bonds. The van der Waals surface area contributed by atoms with Gasteiger partial charge in [-0.2, -0.15) is 0 Å². The average Bonchev–Trinajstić information content (AvgIpc) is 2.45. The molecule has 0 saturated carbocycles. The number of likely N-dealkylation sites (N-methyl/N-ethyl adjacent to an activating group) is 1. The second-order valence-electron chi connectivity index (χ2n) is 4.67. The van der Waals surface area contributed by atoms with E-state index in [-0.39, 0.29) is 0 Å². The minimum absolute atomic E-state index is 0.679. The SMILES string of the molecule is CCN(CCOc1cccc(Br)c1)c1ccccc1C. The van der Waals surface area contributed by atoms with Gasteiger partial charge < -0.3 is 9.64 Å². The molecule has 0 saturated heterocycles. The first-order chi connectivity index (χ1) is 9.70. The minimum atomic E-state index is 0.679. The Kier molecular flexibility index (Phi) is 5.48. The van der Waals surface area contributed by atoms with Gasteiger partial charge in [0.1, 0.15) is 12.4 Å². The van der Waals surface area contributed by atoms with Gasteiger partial charge in [0.05, 0.1) is 6.54 Å². The van der Waals surface area contributed by atoms with Crippen molar-refractivity contribution in [2.24, 2.45) is 0 Å². The second kappa shape index (κ2) is 7.34. The minimum Gasteiger partial charge on any atom is -0.492 e. The Bertz CT molecular complexity index is 556. The van der Waals surface area contributed by atoms with Gasteiger partial charge in [0.15, 0.2) is 0 Å². The van der Waals surface area contributed by atoms with E-state index in [0.29, 0.717) is 6.61 Å². The molecule has 0 heterocycles. The van der Waals surface area contributed by atoms with E-state index < -0.39 is 0 Å². The van der Waals surface area contributed by atoms with Crippen LogP contribution in [0.3, 0.4) is 0 Å². The zero-order valence-corrected chi connectivity index (χ0v) is 13.6. The van der Waals surface area contributed by atoms with E-state index in [1.54, 1.807) is 0 Å². The highest BCUT2D eigenvalue weighted by Crippen LogP contribution is 2.20. The zero-order chi connectivity index (χ0) is 14.4. The summed E-state index contributed by atoms with van der Waals surface area (Å²) in [5.41, 5.74) is 2.59. The summed E-state index contributed by atoms with van der Waals surface area (Å²) in [6.07, 6.45) is 0. The van der Waals surface area contributed by atoms with Crippen LogP contribution in [0.25, 0.3) is 0 Å². The Balaban J connectivity index is 1.93. The van der Waals surface area contributed by atoms with Crippen LogP contribution in [-0.4, -0.2) is 19.7 Å². The molecule has 3 heteroatoms. The Labute approximate surface area is 129 Å². The van der Waals surface area contributed by atoms with Crippen LogP contribution < -0.4 is 9.64 Å². The molecular formula is C17H20BrNO. The van der Waals surface area contributed by atoms with E-state index >= 15 is 0 Å². The first kappa shape index (κ1) is 14.9. The van der Waals surface area contributed by atoms with Crippen LogP contribution in [0.5, 0.6) is 5.75 Å². The summed E-state index contributed by atoms with van der Waals surface area (Å²) < 4.78 is 6.85. The van der Waals surface area contributed by atoms with E-state index in [1.165, 1.54) is 11.3 Å². The molecule has 0 aliphatic carbocycles. The lowest BCUT2D eigenvalue weighted by atomic mass is 10.2. The van der Waals surface area contributed by atoms with Gasteiger partial charge in [-0.15, -0.1) is 0 Å². The van der Waals surface area contributed by atoms with Crippen molar-refractivity contribution in [2.75, 3.05) is 24.6 Å². The molecule has 0 unspecified atom stereocenters. The first-order valence-corrected chi connectivity index (χ1v) is 7.69. The number of aryl methyl sites for hydroxylation is 1. The van der Waals surface area contributed by atoms with Gasteiger partial charge in [-0.3, -0.25) is 0 Å². The predicted octanol–water partition coefficient (Wildman–Crippen LogP) is 4.66. The van der Waals surface area contributed by atoms with Crippen LogP contribution in [-0.2, 0) is 0 Å². The predicted molar refractivity (Wildman–Crippen MR) is 88.7 cm³/mol. The Morgan fingerprint density at radius 2 is 1.90 bits per heavy atom. The number of benzene rings is 2. The Hall–Kier alpha value is -1.48. The summed E-state index contributed by atoms with van der Waals surface area (Å²) in [7, 11) is 0. The van der Waals surface area contributed by atoms with Crippen molar-refractivity contribution in [3.63, 3.8) is 0 Å². The molecule has 2 aromatic rings. The number of anilines is 1. The Morgan fingerprint density at radius 3 is 2.60 bits per heavy atom. The maximum absolute atomic E-state index is 5.81. The number of hydrogen-bond acceptors (Lipinski definition) is 2. The molecule has 0 radical (unpaired) electrons. The number of rotatable bonds is 6. The summed E-state index contributed by atoms with van der Waals surface area (Å²) >= 11 is 3.45. The molecule has 0 aromatic heterocycles. The van der Waals surface area contributed by atoms with Crippen LogP contribution in [0.2, 0.25) is 0 Å². The van der Waals surface area contributed by atoms with Gasteiger partial charge >= 0.3 is 0 Å². The molecule has 0 aliphatic heterocycles. The Morgan fingerprint density at radius 1 is 1.10 bits per heavy atom. The van der Waals surface area contributed by atoms with Crippen LogP contribution in [0.4, 0.5) is 5.69 Å². The normalized spacial score (nSPS) is 10.3. The summed E-state index contributed by atoms with van der Waals surface area (Å²) in [6, 6.07) is 16.4. The lowest BCUT2D eigenvalue weighted by Crippen LogP contribution is -2.28. The van der Waals surface area contributed by atoms with Crippen molar-refractivity contribution in [2.45, 2.75) is 13.8 Å². The molecule has 0 N–H and O–H groups in total. The number of hydrogen-bond donors (Lipinski definition) is 0. The van der Waals surface area contributed by atoms with Crippen LogP contribution in [0.15, 0.2) is 53.0 Å². The molecular weight excluding hydrogens is 314 g/mol. The van der Waals surface area contributed by atoms with Crippen molar-refractivity contribution in [3.8, 4) is 5.75 Å². The molecule has 0 fully saturated rings. The topological polar surface area (TPSA) is 12.5 Å². The molecule has 20 heavy (non-hydrogen) atoms. The van der Waals surface area contributed by atoms with E-state index in [2.05, 4.69) is 58.9 Å². The van der Waals surface area contributed by atoms with Gasteiger partial charge in [0.25, 0.3) is 0 Å². The van der Waals surface area contributed by atoms with E-state index in [9.17, 15) is 0 Å². The third-order valence-electron chi connectivity index (χ3n) is 3.26. The first-order valence-electron chi connectivity index (χ1n) is 6.89. The third-order valence-corrected chi connectivity index (χ3v) is 3.76. The highest BCUT2D eigenvalue weighted by atomic mass is 79.9. The number of halogens is 1. The van der Waals surface area contributed by atoms with Gasteiger partial charge in [-0.1, -0.05) is 40.2 Å². The monoisotopic (exact) mass is 333 g/mol. The number of para-hydroxylation sites is 1. The van der Waals surface area contributed by atoms with Gasteiger partial charge in [-0.25, -0.2) is 0 Å². The third kappa shape index (κ3) is 4.01. The second-order valence-corrected chi connectivity index (χ2v) is 5.59. The molecule has 2 aromatic carbocycles. The summed E-state index contributed by atoms with van der Waals surface area (Å²) in [6.45, 7) is 6.86. The molecule has 0 spiro atoms. The molecule has 2 nitrogen and oxygen atoms in total. The van der Waals surface area contributed by atoms with Crippen LogP contribution in [0.1, 0.15) is 12.5 Å². The standard InChI is InChI=1S/C17H20BrNO/c1-3-19(17-10-5-4-7-14(17)2)11-12-20-16-9-6-8-15(18)13-16/h4-10,13H,3,11-12H2,1-2H3. The number of ether oxygens (including phenoxy) is 1. The van der Waals surface area contributed by atoms with Crippen LogP contribution in [0, 0.1) is 6.92 Å². The summed E-state index contributed by atoms with van der Waals surface area (Å²) in [4.78, 5) is 2.34. The van der Waals surface area contributed by atoms with E-state index in [1.807, 2.05) is 24.3 Å². The molecule has 106 valence electrons. The lowest BCUT2D eigenvalue weighted by molar-refractivity contribution is 0.324. The van der Waals surface area contributed by atoms with Crippen molar-refractivity contribution in [3.05, 3.63) is 58.6 Å². The van der Waals surface area contributed by atoms with Crippen molar-refractivity contribution >= 4 is 21.6 Å². The fourth-order valence-electron chi connectivity index (χ4n) is 2.20. The maximum atomic E-state index is 5.81. The lowest BCUT2D eigenvalue weighted by Gasteiger charge is -2.24. The smallest absolute Gasteiger partial charge is 0.120 e. The van der Waals surface area contributed by atoms with Crippen molar-refractivity contribution < 1.29 is 4.74 Å². The van der Waals surface area contributed by atoms with Gasteiger partial charge in [0.2, 0.25) is 0 Å².